The monoisotopic (exact) mass is 279 g/mol. The molecule has 1 amide bonds. The Morgan fingerprint density at radius 1 is 1.60 bits per heavy atom. The van der Waals surface area contributed by atoms with Crippen LogP contribution < -0.4 is 11.1 Å². The van der Waals surface area contributed by atoms with Crippen LogP contribution in [0.15, 0.2) is 6.07 Å². The lowest BCUT2D eigenvalue weighted by Gasteiger charge is -2.32. The molecule has 1 saturated heterocycles. The Labute approximate surface area is 118 Å². The average molecular weight is 279 g/mol. The first kappa shape index (κ1) is 14.7. The number of aryl methyl sites for hydroxylation is 1. The van der Waals surface area contributed by atoms with E-state index in [9.17, 15) is 4.79 Å². The zero-order chi connectivity index (χ0) is 14.5. The molecule has 0 aromatic carbocycles. The minimum atomic E-state index is -0.407. The van der Waals surface area contributed by atoms with Gasteiger partial charge in [0.2, 0.25) is 5.91 Å². The summed E-state index contributed by atoms with van der Waals surface area (Å²) in [6.07, 6.45) is 0. The minimum absolute atomic E-state index is 0.335. The number of anilines is 1. The molecule has 1 aliphatic rings. The summed E-state index contributed by atoms with van der Waals surface area (Å²) in [5.74, 6) is 1.12. The number of hydrogen-bond donors (Lipinski definition) is 2. The van der Waals surface area contributed by atoms with Gasteiger partial charge in [0, 0.05) is 24.8 Å². The molecule has 0 radical (unpaired) electrons. The Bertz CT molecular complexity index is 480. The number of carbonyl (C=O) groups is 1. The zero-order valence-corrected chi connectivity index (χ0v) is 11.9. The van der Waals surface area contributed by atoms with Crippen LogP contribution in [0.2, 0.25) is 0 Å². The molecule has 0 spiro atoms. The standard InChI is InChI=1S/C13H21N5O2/c1-3-15-11-6-9(2)16-12(17-11)7-18-4-5-20-8-10(18)13(14)19/h6,10H,3-5,7-8H2,1-2H3,(H2,14,19)(H,15,16,17). The summed E-state index contributed by atoms with van der Waals surface area (Å²) in [6.45, 7) is 6.83. The maximum atomic E-state index is 11.4. The van der Waals surface area contributed by atoms with Crippen molar-refractivity contribution in [2.24, 2.45) is 5.73 Å². The smallest absolute Gasteiger partial charge is 0.237 e. The molecule has 2 rings (SSSR count). The summed E-state index contributed by atoms with van der Waals surface area (Å²) in [4.78, 5) is 22.3. The third-order valence-electron chi connectivity index (χ3n) is 3.17. The van der Waals surface area contributed by atoms with Crippen LogP contribution in [-0.2, 0) is 16.1 Å². The van der Waals surface area contributed by atoms with Crippen LogP contribution >= 0.6 is 0 Å². The SMILES string of the molecule is CCNc1cc(C)nc(CN2CCOCC2C(N)=O)n1. The lowest BCUT2D eigenvalue weighted by molar-refractivity contribution is -0.129. The second-order valence-electron chi connectivity index (χ2n) is 4.80. The third kappa shape index (κ3) is 3.64. The largest absolute Gasteiger partial charge is 0.378 e. The summed E-state index contributed by atoms with van der Waals surface area (Å²) in [6, 6.07) is 1.49. The number of nitrogens with two attached hydrogens (primary N) is 1. The molecule has 1 aliphatic heterocycles. The molecule has 0 aliphatic carbocycles. The molecule has 0 bridgehead atoms. The molecule has 20 heavy (non-hydrogen) atoms. The third-order valence-corrected chi connectivity index (χ3v) is 3.17. The van der Waals surface area contributed by atoms with Gasteiger partial charge in [-0.2, -0.15) is 0 Å². The number of rotatable bonds is 5. The van der Waals surface area contributed by atoms with Crippen molar-refractivity contribution in [3.63, 3.8) is 0 Å². The van der Waals surface area contributed by atoms with E-state index in [2.05, 4.69) is 15.3 Å². The summed E-state index contributed by atoms with van der Waals surface area (Å²) in [5, 5.41) is 3.17. The fourth-order valence-corrected chi connectivity index (χ4v) is 2.24. The predicted octanol–water partition coefficient (Wildman–Crippen LogP) is -0.0971. The van der Waals surface area contributed by atoms with E-state index in [0.29, 0.717) is 32.1 Å². The van der Waals surface area contributed by atoms with E-state index in [1.807, 2.05) is 24.8 Å². The Balaban J connectivity index is 2.13. The highest BCUT2D eigenvalue weighted by molar-refractivity contribution is 5.80. The molecule has 7 heteroatoms. The molecular formula is C13H21N5O2. The van der Waals surface area contributed by atoms with E-state index < -0.39 is 6.04 Å². The zero-order valence-electron chi connectivity index (χ0n) is 11.9. The predicted molar refractivity (Wildman–Crippen MR) is 75.1 cm³/mol. The van der Waals surface area contributed by atoms with Crippen LogP contribution in [0.1, 0.15) is 18.4 Å². The molecule has 110 valence electrons. The van der Waals surface area contributed by atoms with Gasteiger partial charge in [-0.25, -0.2) is 9.97 Å². The quantitative estimate of drug-likeness (QED) is 0.782. The molecule has 2 heterocycles. The Hall–Kier alpha value is -1.73. The van der Waals surface area contributed by atoms with E-state index in [1.165, 1.54) is 0 Å². The second kappa shape index (κ2) is 6.62. The van der Waals surface area contributed by atoms with Gasteiger partial charge in [-0.1, -0.05) is 0 Å². The van der Waals surface area contributed by atoms with Gasteiger partial charge in [-0.15, -0.1) is 0 Å². The highest BCUT2D eigenvalue weighted by atomic mass is 16.5. The first-order valence-corrected chi connectivity index (χ1v) is 6.79. The van der Waals surface area contributed by atoms with Crippen LogP contribution in [0.25, 0.3) is 0 Å². The summed E-state index contributed by atoms with van der Waals surface area (Å²) in [5.41, 5.74) is 6.30. The topological polar surface area (TPSA) is 93.4 Å². The fourth-order valence-electron chi connectivity index (χ4n) is 2.24. The maximum absolute atomic E-state index is 11.4. The minimum Gasteiger partial charge on any atom is -0.378 e. The van der Waals surface area contributed by atoms with Crippen molar-refractivity contribution in [1.29, 1.82) is 0 Å². The van der Waals surface area contributed by atoms with Gasteiger partial charge in [-0.3, -0.25) is 9.69 Å². The van der Waals surface area contributed by atoms with E-state index in [1.54, 1.807) is 0 Å². The Kier molecular flexibility index (Phi) is 4.86. The van der Waals surface area contributed by atoms with Crippen molar-refractivity contribution in [2.45, 2.75) is 26.4 Å². The van der Waals surface area contributed by atoms with Crippen LogP contribution in [0.5, 0.6) is 0 Å². The van der Waals surface area contributed by atoms with Crippen molar-refractivity contribution in [2.75, 3.05) is 31.6 Å². The number of nitrogens with one attached hydrogen (secondary N) is 1. The number of primary amides is 1. The second-order valence-corrected chi connectivity index (χ2v) is 4.80. The fraction of sp³-hybridized carbons (Fsp3) is 0.615. The number of carbonyl (C=O) groups excluding carboxylic acids is 1. The van der Waals surface area contributed by atoms with Crippen LogP contribution in [0.3, 0.4) is 0 Å². The van der Waals surface area contributed by atoms with Gasteiger partial charge < -0.3 is 15.8 Å². The van der Waals surface area contributed by atoms with Crippen LogP contribution in [0.4, 0.5) is 5.82 Å². The summed E-state index contributed by atoms with van der Waals surface area (Å²) in [7, 11) is 0. The lowest BCUT2D eigenvalue weighted by Crippen LogP contribution is -2.52. The first-order valence-electron chi connectivity index (χ1n) is 6.79. The number of morpholine rings is 1. The molecule has 1 unspecified atom stereocenters. The lowest BCUT2D eigenvalue weighted by atomic mass is 10.2. The van der Waals surface area contributed by atoms with Crippen molar-refractivity contribution in [1.82, 2.24) is 14.9 Å². The van der Waals surface area contributed by atoms with E-state index in [0.717, 1.165) is 18.1 Å². The molecule has 1 aromatic rings. The van der Waals surface area contributed by atoms with Gasteiger partial charge in [0.1, 0.15) is 17.7 Å². The van der Waals surface area contributed by atoms with Gasteiger partial charge >= 0.3 is 0 Å². The van der Waals surface area contributed by atoms with Crippen molar-refractivity contribution < 1.29 is 9.53 Å². The number of ether oxygens (including phenoxy) is 1. The molecule has 1 atom stereocenters. The molecule has 3 N–H and O–H groups in total. The van der Waals surface area contributed by atoms with Crippen LogP contribution in [-0.4, -0.2) is 53.1 Å². The van der Waals surface area contributed by atoms with E-state index in [4.69, 9.17) is 10.5 Å². The Morgan fingerprint density at radius 2 is 2.40 bits per heavy atom. The summed E-state index contributed by atoms with van der Waals surface area (Å²) >= 11 is 0. The number of aromatic nitrogens is 2. The first-order chi connectivity index (χ1) is 9.60. The van der Waals surface area contributed by atoms with Gasteiger partial charge in [0.25, 0.3) is 0 Å². The molecule has 1 aromatic heterocycles. The Morgan fingerprint density at radius 3 is 3.10 bits per heavy atom. The molecule has 7 nitrogen and oxygen atoms in total. The number of hydrogen-bond acceptors (Lipinski definition) is 6. The summed E-state index contributed by atoms with van der Waals surface area (Å²) < 4.78 is 5.30. The molecule has 1 fully saturated rings. The van der Waals surface area contributed by atoms with Gasteiger partial charge in [0.15, 0.2) is 0 Å². The van der Waals surface area contributed by atoms with Crippen molar-refractivity contribution in [3.05, 3.63) is 17.6 Å². The van der Waals surface area contributed by atoms with Gasteiger partial charge in [0.05, 0.1) is 19.8 Å². The van der Waals surface area contributed by atoms with Crippen molar-refractivity contribution in [3.8, 4) is 0 Å². The highest BCUT2D eigenvalue weighted by Gasteiger charge is 2.28. The average Bonchev–Trinajstić information content (AvgIpc) is 2.38. The highest BCUT2D eigenvalue weighted by Crippen LogP contribution is 2.12. The molecule has 0 saturated carbocycles. The van der Waals surface area contributed by atoms with E-state index in [-0.39, 0.29) is 5.91 Å². The van der Waals surface area contributed by atoms with Gasteiger partial charge in [-0.05, 0) is 13.8 Å². The number of amides is 1. The number of nitrogens with zero attached hydrogens (tertiary/aromatic N) is 3. The molecular weight excluding hydrogens is 258 g/mol. The maximum Gasteiger partial charge on any atom is 0.237 e. The van der Waals surface area contributed by atoms with E-state index >= 15 is 0 Å². The van der Waals surface area contributed by atoms with Crippen LogP contribution in [0, 0.1) is 6.92 Å². The normalized spacial score (nSPS) is 19.8. The van der Waals surface area contributed by atoms with Crippen molar-refractivity contribution >= 4 is 11.7 Å².